The zero-order chi connectivity index (χ0) is 14.0. The molecule has 2 nitrogen and oxygen atoms in total. The van der Waals surface area contributed by atoms with Gasteiger partial charge in [-0.3, -0.25) is 0 Å². The maximum Gasteiger partial charge on any atom is 0.00105 e. The monoisotopic (exact) mass is 274 g/mol. The summed E-state index contributed by atoms with van der Waals surface area (Å²) < 4.78 is 0. The second kappa shape index (κ2) is 9.15. The summed E-state index contributed by atoms with van der Waals surface area (Å²) in [6, 6.07) is 10.9. The van der Waals surface area contributed by atoms with Gasteiger partial charge in [0.05, 0.1) is 0 Å². The summed E-state index contributed by atoms with van der Waals surface area (Å²) in [6.07, 6.45) is 6.59. The molecule has 1 N–H and O–H groups in total. The Morgan fingerprint density at radius 3 is 2.55 bits per heavy atom. The Morgan fingerprint density at radius 2 is 1.85 bits per heavy atom. The number of hydrogen-bond donors (Lipinski definition) is 1. The minimum absolute atomic E-state index is 0.922. The number of rotatable bonds is 8. The van der Waals surface area contributed by atoms with Crippen molar-refractivity contribution in [1.29, 1.82) is 0 Å². The Kier molecular flexibility index (Phi) is 7.10. The fourth-order valence-electron chi connectivity index (χ4n) is 3.12. The molecule has 0 aliphatic carbocycles. The lowest BCUT2D eigenvalue weighted by Crippen LogP contribution is -2.36. The van der Waals surface area contributed by atoms with E-state index in [1.165, 1.54) is 70.4 Å². The number of benzene rings is 1. The van der Waals surface area contributed by atoms with E-state index in [1.54, 1.807) is 0 Å². The van der Waals surface area contributed by atoms with Gasteiger partial charge in [-0.2, -0.15) is 0 Å². The van der Waals surface area contributed by atoms with Gasteiger partial charge >= 0.3 is 0 Å². The fourth-order valence-corrected chi connectivity index (χ4v) is 3.12. The highest BCUT2D eigenvalue weighted by atomic mass is 15.1. The molecule has 1 aliphatic heterocycles. The van der Waals surface area contributed by atoms with Crippen LogP contribution >= 0.6 is 0 Å². The van der Waals surface area contributed by atoms with Gasteiger partial charge in [0.25, 0.3) is 0 Å². The molecule has 20 heavy (non-hydrogen) atoms. The summed E-state index contributed by atoms with van der Waals surface area (Å²) in [7, 11) is 0. The third kappa shape index (κ3) is 5.64. The number of unbranched alkanes of at least 4 members (excludes halogenated alkanes) is 1. The van der Waals surface area contributed by atoms with E-state index in [2.05, 4.69) is 47.5 Å². The van der Waals surface area contributed by atoms with Crippen molar-refractivity contribution in [3.8, 4) is 0 Å². The predicted octanol–water partition coefficient (Wildman–Crippen LogP) is 3.33. The molecule has 0 atom stereocenters. The molecule has 1 aromatic carbocycles. The first-order valence-electron chi connectivity index (χ1n) is 8.35. The van der Waals surface area contributed by atoms with Gasteiger partial charge < -0.3 is 10.2 Å². The maximum atomic E-state index is 3.46. The second-order valence-corrected chi connectivity index (χ2v) is 6.03. The van der Waals surface area contributed by atoms with Crippen molar-refractivity contribution in [1.82, 2.24) is 10.2 Å². The third-order valence-corrected chi connectivity index (χ3v) is 4.45. The zero-order valence-electron chi connectivity index (χ0n) is 13.0. The number of nitrogens with zero attached hydrogens (tertiary/aromatic N) is 1. The van der Waals surface area contributed by atoms with Crippen LogP contribution in [0.4, 0.5) is 0 Å². The van der Waals surface area contributed by atoms with E-state index in [4.69, 9.17) is 0 Å². The van der Waals surface area contributed by atoms with Crippen molar-refractivity contribution in [3.63, 3.8) is 0 Å². The lowest BCUT2D eigenvalue weighted by Gasteiger charge is -2.29. The van der Waals surface area contributed by atoms with Gasteiger partial charge in [0.15, 0.2) is 0 Å². The number of piperidine rings is 1. The highest BCUT2D eigenvalue weighted by molar-refractivity contribution is 5.14. The molecule has 0 amide bonds. The van der Waals surface area contributed by atoms with E-state index in [0.717, 1.165) is 5.92 Å². The van der Waals surface area contributed by atoms with Crippen molar-refractivity contribution < 1.29 is 0 Å². The standard InChI is InChI=1S/C18H30N2/c1-2-20(16-18-11-13-19-14-12-18)15-7-6-10-17-8-4-3-5-9-17/h3-5,8-9,18-19H,2,6-7,10-16H2,1H3. The van der Waals surface area contributed by atoms with E-state index in [1.807, 2.05) is 0 Å². The Hall–Kier alpha value is -0.860. The molecule has 0 unspecified atom stereocenters. The van der Waals surface area contributed by atoms with Crippen LogP contribution in [0.5, 0.6) is 0 Å². The number of aryl methyl sites for hydroxylation is 1. The average molecular weight is 274 g/mol. The Morgan fingerprint density at radius 1 is 1.10 bits per heavy atom. The Labute approximate surface area is 124 Å². The van der Waals surface area contributed by atoms with Crippen LogP contribution in [0.2, 0.25) is 0 Å². The molecule has 2 rings (SSSR count). The van der Waals surface area contributed by atoms with Crippen LogP contribution in [-0.2, 0) is 6.42 Å². The van der Waals surface area contributed by atoms with Crippen LogP contribution < -0.4 is 5.32 Å². The molecule has 1 aliphatic rings. The molecular weight excluding hydrogens is 244 g/mol. The molecule has 112 valence electrons. The van der Waals surface area contributed by atoms with Gasteiger partial charge in [0, 0.05) is 6.54 Å². The molecule has 0 aromatic heterocycles. The topological polar surface area (TPSA) is 15.3 Å². The Bertz CT molecular complexity index is 344. The quantitative estimate of drug-likeness (QED) is 0.732. The highest BCUT2D eigenvalue weighted by Gasteiger charge is 2.15. The molecule has 0 saturated carbocycles. The van der Waals surface area contributed by atoms with Gasteiger partial charge in [0.2, 0.25) is 0 Å². The van der Waals surface area contributed by atoms with Crippen molar-refractivity contribution in [2.75, 3.05) is 32.7 Å². The average Bonchev–Trinajstić information content (AvgIpc) is 2.52. The fraction of sp³-hybridized carbons (Fsp3) is 0.667. The summed E-state index contributed by atoms with van der Waals surface area (Å²) in [5, 5.41) is 3.46. The van der Waals surface area contributed by atoms with E-state index in [0.29, 0.717) is 0 Å². The number of hydrogen-bond acceptors (Lipinski definition) is 2. The lowest BCUT2D eigenvalue weighted by molar-refractivity contribution is 0.210. The zero-order valence-corrected chi connectivity index (χ0v) is 13.0. The first kappa shape index (κ1) is 15.5. The molecule has 0 radical (unpaired) electrons. The van der Waals surface area contributed by atoms with Crippen LogP contribution in [0.25, 0.3) is 0 Å². The van der Waals surface area contributed by atoms with Gasteiger partial charge in [-0.15, -0.1) is 0 Å². The minimum Gasteiger partial charge on any atom is -0.317 e. The van der Waals surface area contributed by atoms with Crippen molar-refractivity contribution in [2.24, 2.45) is 5.92 Å². The van der Waals surface area contributed by atoms with Crippen molar-refractivity contribution in [2.45, 2.75) is 39.0 Å². The SMILES string of the molecule is CCN(CCCCc1ccccc1)CC1CCNCC1. The molecule has 2 heteroatoms. The predicted molar refractivity (Wildman–Crippen MR) is 87.1 cm³/mol. The van der Waals surface area contributed by atoms with Crippen LogP contribution in [0.1, 0.15) is 38.2 Å². The molecule has 1 heterocycles. The minimum atomic E-state index is 0.922. The van der Waals surface area contributed by atoms with Gasteiger partial charge in [-0.05, 0) is 69.8 Å². The highest BCUT2D eigenvalue weighted by Crippen LogP contribution is 2.14. The van der Waals surface area contributed by atoms with E-state index in [-0.39, 0.29) is 0 Å². The normalized spacial score (nSPS) is 16.7. The smallest absolute Gasteiger partial charge is 0.00105 e. The maximum absolute atomic E-state index is 3.46. The van der Waals surface area contributed by atoms with Crippen LogP contribution in [0.15, 0.2) is 30.3 Å². The van der Waals surface area contributed by atoms with Crippen LogP contribution in [0.3, 0.4) is 0 Å². The molecule has 1 fully saturated rings. The molecule has 1 saturated heterocycles. The Balaban J connectivity index is 1.61. The molecule has 0 bridgehead atoms. The molecule has 0 spiro atoms. The summed E-state index contributed by atoms with van der Waals surface area (Å²) in [5.74, 6) is 0.922. The second-order valence-electron chi connectivity index (χ2n) is 6.03. The first-order chi connectivity index (χ1) is 9.88. The first-order valence-corrected chi connectivity index (χ1v) is 8.35. The van der Waals surface area contributed by atoms with E-state index >= 15 is 0 Å². The number of nitrogens with one attached hydrogen (secondary N) is 1. The molecule has 1 aromatic rings. The summed E-state index contributed by atoms with van der Waals surface area (Å²) in [4.78, 5) is 2.65. The third-order valence-electron chi connectivity index (χ3n) is 4.45. The van der Waals surface area contributed by atoms with Crippen LogP contribution in [0, 0.1) is 5.92 Å². The largest absolute Gasteiger partial charge is 0.317 e. The molecular formula is C18H30N2. The summed E-state index contributed by atoms with van der Waals surface area (Å²) in [6.45, 7) is 8.52. The van der Waals surface area contributed by atoms with E-state index in [9.17, 15) is 0 Å². The van der Waals surface area contributed by atoms with E-state index < -0.39 is 0 Å². The summed E-state index contributed by atoms with van der Waals surface area (Å²) >= 11 is 0. The van der Waals surface area contributed by atoms with Crippen molar-refractivity contribution in [3.05, 3.63) is 35.9 Å². The van der Waals surface area contributed by atoms with Gasteiger partial charge in [-0.1, -0.05) is 37.3 Å². The lowest BCUT2D eigenvalue weighted by atomic mass is 9.97. The van der Waals surface area contributed by atoms with Gasteiger partial charge in [-0.25, -0.2) is 0 Å². The summed E-state index contributed by atoms with van der Waals surface area (Å²) in [5.41, 5.74) is 1.48. The van der Waals surface area contributed by atoms with Gasteiger partial charge in [0.1, 0.15) is 0 Å². The van der Waals surface area contributed by atoms with Crippen molar-refractivity contribution >= 4 is 0 Å². The van der Waals surface area contributed by atoms with Crippen LogP contribution in [-0.4, -0.2) is 37.6 Å².